The molecule has 3 rings (SSSR count). The molecule has 1 aromatic carbocycles. The molecule has 1 aliphatic rings. The zero-order valence-electron chi connectivity index (χ0n) is 11.6. The van der Waals surface area contributed by atoms with Crippen molar-refractivity contribution >= 4 is 5.69 Å². The van der Waals surface area contributed by atoms with Gasteiger partial charge in [-0.25, -0.2) is 9.97 Å². The fourth-order valence-corrected chi connectivity index (χ4v) is 2.69. The van der Waals surface area contributed by atoms with E-state index in [2.05, 4.69) is 44.5 Å². The van der Waals surface area contributed by atoms with Gasteiger partial charge in [-0.3, -0.25) is 0 Å². The van der Waals surface area contributed by atoms with Gasteiger partial charge in [0.25, 0.3) is 0 Å². The summed E-state index contributed by atoms with van der Waals surface area (Å²) in [5, 5.41) is 3.44. The fraction of sp³-hybridized carbons (Fsp3) is 0.375. The van der Waals surface area contributed by atoms with Crippen LogP contribution in [-0.2, 0) is 13.0 Å². The first-order chi connectivity index (χ1) is 9.93. The van der Waals surface area contributed by atoms with Gasteiger partial charge in [0.15, 0.2) is 0 Å². The first-order valence-corrected chi connectivity index (χ1v) is 7.21. The van der Waals surface area contributed by atoms with Crippen LogP contribution >= 0.6 is 0 Å². The van der Waals surface area contributed by atoms with Crippen LogP contribution < -0.4 is 10.2 Å². The molecule has 0 atom stereocenters. The molecule has 0 amide bonds. The summed E-state index contributed by atoms with van der Waals surface area (Å²) in [6.07, 6.45) is 7.62. The molecule has 2 heterocycles. The van der Waals surface area contributed by atoms with Crippen LogP contribution in [-0.4, -0.2) is 29.6 Å². The van der Waals surface area contributed by atoms with Gasteiger partial charge < -0.3 is 10.2 Å². The van der Waals surface area contributed by atoms with E-state index in [-0.39, 0.29) is 0 Å². The number of rotatable bonds is 6. The summed E-state index contributed by atoms with van der Waals surface area (Å²) in [6.45, 7) is 4.15. The zero-order valence-corrected chi connectivity index (χ0v) is 11.6. The molecule has 4 heteroatoms. The van der Waals surface area contributed by atoms with Crippen LogP contribution in [0.2, 0.25) is 0 Å². The SMILES string of the molecule is c1ccc2c(c1)CCN2CCCNCc1cncnc1. The molecule has 0 spiro atoms. The lowest BCUT2D eigenvalue weighted by Gasteiger charge is -2.19. The zero-order chi connectivity index (χ0) is 13.6. The van der Waals surface area contributed by atoms with Crippen molar-refractivity contribution in [3.8, 4) is 0 Å². The summed E-state index contributed by atoms with van der Waals surface area (Å²) in [5.74, 6) is 0. The van der Waals surface area contributed by atoms with E-state index < -0.39 is 0 Å². The average molecular weight is 268 g/mol. The fourth-order valence-electron chi connectivity index (χ4n) is 2.69. The van der Waals surface area contributed by atoms with E-state index in [0.717, 1.165) is 38.2 Å². The average Bonchev–Trinajstić information content (AvgIpc) is 2.91. The van der Waals surface area contributed by atoms with Crippen LogP contribution in [0.25, 0.3) is 0 Å². The predicted molar refractivity (Wildman–Crippen MR) is 80.7 cm³/mol. The van der Waals surface area contributed by atoms with Gasteiger partial charge >= 0.3 is 0 Å². The largest absolute Gasteiger partial charge is 0.371 e. The Kier molecular flexibility index (Phi) is 4.23. The van der Waals surface area contributed by atoms with Gasteiger partial charge in [0.2, 0.25) is 0 Å². The lowest BCUT2D eigenvalue weighted by atomic mass is 10.2. The topological polar surface area (TPSA) is 41.0 Å². The number of anilines is 1. The molecule has 0 saturated carbocycles. The van der Waals surface area contributed by atoms with Crippen LogP contribution in [0, 0.1) is 0 Å². The second-order valence-corrected chi connectivity index (χ2v) is 5.14. The standard InChI is InChI=1S/C16H20N4/c1-2-5-16-15(4-1)6-9-20(16)8-3-7-17-10-14-11-18-13-19-12-14/h1-2,4-5,11-13,17H,3,6-10H2. The van der Waals surface area contributed by atoms with Crippen molar-refractivity contribution in [1.82, 2.24) is 15.3 Å². The normalized spacial score (nSPS) is 13.5. The van der Waals surface area contributed by atoms with E-state index in [1.807, 2.05) is 12.4 Å². The highest BCUT2D eigenvalue weighted by molar-refractivity contribution is 5.57. The van der Waals surface area contributed by atoms with Crippen molar-refractivity contribution in [2.24, 2.45) is 0 Å². The minimum atomic E-state index is 0.845. The maximum Gasteiger partial charge on any atom is 0.115 e. The number of hydrogen-bond acceptors (Lipinski definition) is 4. The molecule has 1 N–H and O–H groups in total. The minimum absolute atomic E-state index is 0.845. The summed E-state index contributed by atoms with van der Waals surface area (Å²) in [7, 11) is 0. The summed E-state index contributed by atoms with van der Waals surface area (Å²) in [6, 6.07) is 8.73. The molecular formula is C16H20N4. The van der Waals surface area contributed by atoms with Crippen molar-refractivity contribution in [3.05, 3.63) is 54.1 Å². The Morgan fingerprint density at radius 1 is 1.15 bits per heavy atom. The molecule has 1 aliphatic heterocycles. The van der Waals surface area contributed by atoms with Crippen molar-refractivity contribution in [1.29, 1.82) is 0 Å². The summed E-state index contributed by atoms with van der Waals surface area (Å²) in [4.78, 5) is 10.5. The Morgan fingerprint density at radius 2 is 2.00 bits per heavy atom. The van der Waals surface area contributed by atoms with Gasteiger partial charge in [-0.2, -0.15) is 0 Å². The molecular weight excluding hydrogens is 248 g/mol. The first-order valence-electron chi connectivity index (χ1n) is 7.21. The van der Waals surface area contributed by atoms with Crippen molar-refractivity contribution in [3.63, 3.8) is 0 Å². The highest BCUT2D eigenvalue weighted by Crippen LogP contribution is 2.27. The van der Waals surface area contributed by atoms with Gasteiger partial charge in [0.1, 0.15) is 6.33 Å². The van der Waals surface area contributed by atoms with Crippen molar-refractivity contribution in [2.75, 3.05) is 24.5 Å². The predicted octanol–water partition coefficient (Wildman–Crippen LogP) is 2.02. The number of nitrogens with zero attached hydrogens (tertiary/aromatic N) is 3. The van der Waals surface area contributed by atoms with E-state index in [0.29, 0.717) is 0 Å². The van der Waals surface area contributed by atoms with E-state index in [1.165, 1.54) is 17.7 Å². The Bertz CT molecular complexity index is 541. The first kappa shape index (κ1) is 13.1. The minimum Gasteiger partial charge on any atom is -0.371 e. The van der Waals surface area contributed by atoms with Gasteiger partial charge in [-0.05, 0) is 31.0 Å². The Hall–Kier alpha value is -1.94. The molecule has 2 aromatic rings. The summed E-state index contributed by atoms with van der Waals surface area (Å²) in [5.41, 5.74) is 4.05. The lowest BCUT2D eigenvalue weighted by molar-refractivity contribution is 0.636. The molecule has 0 saturated heterocycles. The molecule has 0 unspecified atom stereocenters. The molecule has 0 aliphatic carbocycles. The van der Waals surface area contributed by atoms with Gasteiger partial charge in [0, 0.05) is 43.3 Å². The summed E-state index contributed by atoms with van der Waals surface area (Å²) < 4.78 is 0. The second-order valence-electron chi connectivity index (χ2n) is 5.14. The van der Waals surface area contributed by atoms with E-state index in [4.69, 9.17) is 0 Å². The van der Waals surface area contributed by atoms with Gasteiger partial charge in [0.05, 0.1) is 0 Å². The highest BCUT2D eigenvalue weighted by Gasteiger charge is 2.16. The Morgan fingerprint density at radius 3 is 2.90 bits per heavy atom. The third kappa shape index (κ3) is 3.14. The Labute approximate surface area is 119 Å². The van der Waals surface area contributed by atoms with Crippen LogP contribution in [0.15, 0.2) is 43.0 Å². The lowest BCUT2D eigenvalue weighted by Crippen LogP contribution is -2.25. The van der Waals surface area contributed by atoms with E-state index >= 15 is 0 Å². The van der Waals surface area contributed by atoms with Crippen LogP contribution in [0.4, 0.5) is 5.69 Å². The van der Waals surface area contributed by atoms with Gasteiger partial charge in [-0.15, -0.1) is 0 Å². The second kappa shape index (κ2) is 6.48. The number of para-hydroxylation sites is 1. The van der Waals surface area contributed by atoms with E-state index in [1.54, 1.807) is 6.33 Å². The van der Waals surface area contributed by atoms with Crippen LogP contribution in [0.5, 0.6) is 0 Å². The highest BCUT2D eigenvalue weighted by atomic mass is 15.1. The quantitative estimate of drug-likeness (QED) is 0.814. The molecule has 104 valence electrons. The smallest absolute Gasteiger partial charge is 0.115 e. The monoisotopic (exact) mass is 268 g/mol. The van der Waals surface area contributed by atoms with Crippen molar-refractivity contribution in [2.45, 2.75) is 19.4 Å². The molecule has 4 nitrogen and oxygen atoms in total. The third-order valence-corrected chi connectivity index (χ3v) is 3.71. The number of benzene rings is 1. The summed E-state index contributed by atoms with van der Waals surface area (Å²) >= 11 is 0. The molecule has 0 fully saturated rings. The number of hydrogen-bond donors (Lipinski definition) is 1. The number of aromatic nitrogens is 2. The van der Waals surface area contributed by atoms with Crippen molar-refractivity contribution < 1.29 is 0 Å². The third-order valence-electron chi connectivity index (χ3n) is 3.71. The molecule has 0 bridgehead atoms. The number of nitrogens with one attached hydrogen (secondary N) is 1. The molecule has 20 heavy (non-hydrogen) atoms. The maximum atomic E-state index is 4.01. The molecule has 1 aromatic heterocycles. The van der Waals surface area contributed by atoms with Gasteiger partial charge in [-0.1, -0.05) is 18.2 Å². The van der Waals surface area contributed by atoms with E-state index in [9.17, 15) is 0 Å². The Balaban J connectivity index is 1.39. The maximum absolute atomic E-state index is 4.01. The van der Waals surface area contributed by atoms with Crippen LogP contribution in [0.3, 0.4) is 0 Å². The number of fused-ring (bicyclic) bond motifs is 1. The van der Waals surface area contributed by atoms with Crippen LogP contribution in [0.1, 0.15) is 17.5 Å². The molecule has 0 radical (unpaired) electrons.